The van der Waals surface area contributed by atoms with Crippen LogP contribution in [0.5, 0.6) is 0 Å². The van der Waals surface area contributed by atoms with Crippen molar-refractivity contribution in [3.8, 4) is 0 Å². The monoisotopic (exact) mass is 267 g/mol. The number of urea groups is 1. The van der Waals surface area contributed by atoms with Crippen molar-refractivity contribution in [1.29, 1.82) is 0 Å². The Balaban J connectivity index is 1.30. The summed E-state index contributed by atoms with van der Waals surface area (Å²) in [6.07, 6.45) is 6.29. The van der Waals surface area contributed by atoms with Crippen LogP contribution in [0.1, 0.15) is 32.1 Å². The Morgan fingerprint density at radius 2 is 2.16 bits per heavy atom. The minimum atomic E-state index is -0.0335. The van der Waals surface area contributed by atoms with E-state index in [-0.39, 0.29) is 12.1 Å². The van der Waals surface area contributed by atoms with E-state index in [0.717, 1.165) is 44.9 Å². The van der Waals surface area contributed by atoms with Crippen LogP contribution in [0.3, 0.4) is 0 Å². The largest absolute Gasteiger partial charge is 0.376 e. The Morgan fingerprint density at radius 3 is 2.89 bits per heavy atom. The lowest BCUT2D eigenvalue weighted by atomic mass is 10.2. The standard InChI is InChI=1S/C14H25N3O2/c18-14(15-8-13-2-1-7-19-13)16-12-5-6-17(10-12)9-11-3-4-11/h11-13H,1-10H2,(H2,15,16,18)/t12-,13+/m1/s1. The molecule has 0 aromatic heterocycles. The van der Waals surface area contributed by atoms with E-state index in [0.29, 0.717) is 12.6 Å². The first-order valence-corrected chi connectivity index (χ1v) is 7.68. The third kappa shape index (κ3) is 4.08. The van der Waals surface area contributed by atoms with Gasteiger partial charge in [-0.25, -0.2) is 4.79 Å². The number of carbonyl (C=O) groups excluding carboxylic acids is 1. The van der Waals surface area contributed by atoms with Crippen molar-refractivity contribution in [2.24, 2.45) is 5.92 Å². The summed E-state index contributed by atoms with van der Waals surface area (Å²) in [6, 6.07) is 0.289. The molecule has 5 nitrogen and oxygen atoms in total. The van der Waals surface area contributed by atoms with Crippen molar-refractivity contribution in [3.63, 3.8) is 0 Å². The molecule has 1 saturated carbocycles. The predicted octanol–water partition coefficient (Wildman–Crippen LogP) is 0.949. The zero-order chi connectivity index (χ0) is 13.1. The van der Waals surface area contributed by atoms with Crippen molar-refractivity contribution in [2.75, 3.05) is 32.8 Å². The number of rotatable bonds is 5. The molecule has 2 amide bonds. The highest BCUT2D eigenvalue weighted by atomic mass is 16.5. The normalized spacial score (nSPS) is 31.6. The second-order valence-corrected chi connectivity index (χ2v) is 6.18. The van der Waals surface area contributed by atoms with Crippen molar-refractivity contribution in [3.05, 3.63) is 0 Å². The lowest BCUT2D eigenvalue weighted by Gasteiger charge is -2.17. The summed E-state index contributed by atoms with van der Waals surface area (Å²) < 4.78 is 5.49. The number of carbonyl (C=O) groups is 1. The first-order valence-electron chi connectivity index (χ1n) is 7.68. The molecule has 5 heteroatoms. The molecule has 3 fully saturated rings. The van der Waals surface area contributed by atoms with Gasteiger partial charge in [-0.05, 0) is 38.0 Å². The van der Waals surface area contributed by atoms with Gasteiger partial charge in [-0.1, -0.05) is 0 Å². The Hall–Kier alpha value is -0.810. The van der Waals surface area contributed by atoms with E-state index in [1.807, 2.05) is 0 Å². The summed E-state index contributed by atoms with van der Waals surface area (Å²) in [5.74, 6) is 0.937. The number of amides is 2. The van der Waals surface area contributed by atoms with Gasteiger partial charge in [-0.2, -0.15) is 0 Å². The van der Waals surface area contributed by atoms with Crippen LogP contribution in [-0.4, -0.2) is 55.9 Å². The van der Waals surface area contributed by atoms with Crippen LogP contribution in [0.4, 0.5) is 4.79 Å². The quantitative estimate of drug-likeness (QED) is 0.780. The zero-order valence-electron chi connectivity index (χ0n) is 11.6. The molecule has 2 aliphatic heterocycles. The topological polar surface area (TPSA) is 53.6 Å². The van der Waals surface area contributed by atoms with E-state index in [1.165, 1.54) is 19.4 Å². The Labute approximate surface area is 115 Å². The van der Waals surface area contributed by atoms with Gasteiger partial charge in [-0.3, -0.25) is 0 Å². The minimum absolute atomic E-state index is 0.0335. The molecule has 0 aromatic carbocycles. The highest BCUT2D eigenvalue weighted by molar-refractivity contribution is 5.74. The summed E-state index contributed by atoms with van der Waals surface area (Å²) in [7, 11) is 0. The van der Waals surface area contributed by atoms with Gasteiger partial charge in [0, 0.05) is 38.8 Å². The first kappa shape index (κ1) is 13.2. The van der Waals surface area contributed by atoms with Crippen LogP contribution in [0.2, 0.25) is 0 Å². The highest BCUT2D eigenvalue weighted by Crippen LogP contribution is 2.30. The molecule has 0 spiro atoms. The average Bonchev–Trinajstić information content (AvgIpc) is 2.90. The second-order valence-electron chi connectivity index (χ2n) is 6.18. The van der Waals surface area contributed by atoms with Gasteiger partial charge < -0.3 is 20.3 Å². The van der Waals surface area contributed by atoms with E-state index >= 15 is 0 Å². The van der Waals surface area contributed by atoms with Crippen LogP contribution >= 0.6 is 0 Å². The number of ether oxygens (including phenoxy) is 1. The number of likely N-dealkylation sites (tertiary alicyclic amines) is 1. The molecule has 2 N–H and O–H groups in total. The maximum atomic E-state index is 11.8. The van der Waals surface area contributed by atoms with Crippen LogP contribution in [0, 0.1) is 5.92 Å². The molecule has 2 atom stereocenters. The van der Waals surface area contributed by atoms with Crippen molar-refractivity contribution in [2.45, 2.75) is 44.2 Å². The molecule has 108 valence electrons. The molecule has 0 unspecified atom stereocenters. The minimum Gasteiger partial charge on any atom is -0.376 e. The highest BCUT2D eigenvalue weighted by Gasteiger charge is 2.29. The van der Waals surface area contributed by atoms with Gasteiger partial charge in [-0.15, -0.1) is 0 Å². The lowest BCUT2D eigenvalue weighted by Crippen LogP contribution is -2.45. The van der Waals surface area contributed by atoms with Gasteiger partial charge in [0.2, 0.25) is 0 Å². The van der Waals surface area contributed by atoms with Gasteiger partial charge in [0.1, 0.15) is 0 Å². The Morgan fingerprint density at radius 1 is 1.26 bits per heavy atom. The maximum absolute atomic E-state index is 11.8. The second kappa shape index (κ2) is 6.09. The van der Waals surface area contributed by atoms with Crippen molar-refractivity contribution < 1.29 is 9.53 Å². The summed E-state index contributed by atoms with van der Waals surface area (Å²) in [5.41, 5.74) is 0. The van der Waals surface area contributed by atoms with Crippen LogP contribution < -0.4 is 10.6 Å². The van der Waals surface area contributed by atoms with E-state index < -0.39 is 0 Å². The van der Waals surface area contributed by atoms with Gasteiger partial charge in [0.05, 0.1) is 6.10 Å². The van der Waals surface area contributed by atoms with Crippen LogP contribution in [0.15, 0.2) is 0 Å². The molecule has 0 bridgehead atoms. The van der Waals surface area contributed by atoms with E-state index in [1.54, 1.807) is 0 Å². The summed E-state index contributed by atoms with van der Waals surface area (Å²) in [5, 5.41) is 6.01. The fraction of sp³-hybridized carbons (Fsp3) is 0.929. The number of nitrogens with zero attached hydrogens (tertiary/aromatic N) is 1. The third-order valence-electron chi connectivity index (χ3n) is 4.34. The van der Waals surface area contributed by atoms with Gasteiger partial charge >= 0.3 is 6.03 Å². The molecular formula is C14H25N3O2. The summed E-state index contributed by atoms with van der Waals surface area (Å²) >= 11 is 0. The fourth-order valence-corrected chi connectivity index (χ4v) is 3.03. The number of hydrogen-bond donors (Lipinski definition) is 2. The summed E-state index contributed by atoms with van der Waals surface area (Å²) in [4.78, 5) is 14.3. The zero-order valence-corrected chi connectivity index (χ0v) is 11.6. The molecule has 3 aliphatic rings. The van der Waals surface area contributed by atoms with E-state index in [9.17, 15) is 4.79 Å². The molecular weight excluding hydrogens is 242 g/mol. The molecule has 2 saturated heterocycles. The van der Waals surface area contributed by atoms with Gasteiger partial charge in [0.15, 0.2) is 0 Å². The van der Waals surface area contributed by atoms with Crippen LogP contribution in [0.25, 0.3) is 0 Å². The average molecular weight is 267 g/mol. The SMILES string of the molecule is O=C(NC[C@@H]1CCCO1)N[C@@H]1CCN(CC2CC2)C1. The van der Waals surface area contributed by atoms with Crippen LogP contribution in [-0.2, 0) is 4.74 Å². The lowest BCUT2D eigenvalue weighted by molar-refractivity contribution is 0.111. The molecule has 3 rings (SSSR count). The Kier molecular flexibility index (Phi) is 4.23. The van der Waals surface area contributed by atoms with E-state index in [2.05, 4.69) is 15.5 Å². The number of nitrogens with one attached hydrogen (secondary N) is 2. The smallest absolute Gasteiger partial charge is 0.315 e. The van der Waals surface area contributed by atoms with Crippen molar-refractivity contribution in [1.82, 2.24) is 15.5 Å². The number of hydrogen-bond acceptors (Lipinski definition) is 3. The first-order chi connectivity index (χ1) is 9.29. The molecule has 0 aromatic rings. The van der Waals surface area contributed by atoms with Gasteiger partial charge in [0.25, 0.3) is 0 Å². The molecule has 2 heterocycles. The van der Waals surface area contributed by atoms with E-state index in [4.69, 9.17) is 4.74 Å². The molecule has 0 radical (unpaired) electrons. The maximum Gasteiger partial charge on any atom is 0.315 e. The summed E-state index contributed by atoms with van der Waals surface area (Å²) in [6.45, 7) is 4.86. The molecule has 1 aliphatic carbocycles. The predicted molar refractivity (Wildman–Crippen MR) is 73.1 cm³/mol. The fourth-order valence-electron chi connectivity index (χ4n) is 3.03. The van der Waals surface area contributed by atoms with Crippen molar-refractivity contribution >= 4 is 6.03 Å². The molecule has 19 heavy (non-hydrogen) atoms. The Bertz CT molecular complexity index is 314. The third-order valence-corrected chi connectivity index (χ3v) is 4.34.